The van der Waals surface area contributed by atoms with Crippen LogP contribution in [-0.4, -0.2) is 23.7 Å². The van der Waals surface area contributed by atoms with E-state index in [2.05, 4.69) is 13.8 Å². The van der Waals surface area contributed by atoms with Crippen LogP contribution in [0.4, 0.5) is 0 Å². The van der Waals surface area contributed by atoms with Crippen molar-refractivity contribution < 1.29 is 4.74 Å². The highest BCUT2D eigenvalue weighted by Crippen LogP contribution is 2.16. The van der Waals surface area contributed by atoms with Crippen LogP contribution in [0.15, 0.2) is 0 Å². The number of ether oxygens (including phenoxy) is 1. The molecule has 1 aliphatic rings. The van der Waals surface area contributed by atoms with E-state index in [1.54, 1.807) is 0 Å². The summed E-state index contributed by atoms with van der Waals surface area (Å²) in [6, 6.07) is 0. The zero-order valence-corrected chi connectivity index (χ0v) is 6.20. The molecule has 0 aromatic rings. The van der Waals surface area contributed by atoms with Crippen LogP contribution < -0.4 is 0 Å². The molecule has 0 aromatic heterocycles. The SMILES string of the molecule is C[C@H]1CSC[C@H](C)O1. The van der Waals surface area contributed by atoms with E-state index >= 15 is 0 Å². The molecule has 0 radical (unpaired) electrons. The standard InChI is InChI=1S/C6H12OS/c1-5-3-8-4-6(2)7-5/h5-6H,3-4H2,1-2H3/t5-,6-/m0/s1. The van der Waals surface area contributed by atoms with E-state index in [0.717, 1.165) is 0 Å². The molecule has 0 unspecified atom stereocenters. The van der Waals surface area contributed by atoms with Crippen molar-refractivity contribution in [3.8, 4) is 0 Å². The lowest BCUT2D eigenvalue weighted by atomic mass is 10.4. The monoisotopic (exact) mass is 132 g/mol. The number of thioether (sulfide) groups is 1. The summed E-state index contributed by atoms with van der Waals surface area (Å²) in [5.74, 6) is 2.34. The fourth-order valence-corrected chi connectivity index (χ4v) is 1.83. The van der Waals surface area contributed by atoms with Gasteiger partial charge < -0.3 is 4.74 Å². The van der Waals surface area contributed by atoms with Gasteiger partial charge in [-0.15, -0.1) is 0 Å². The molecule has 1 saturated heterocycles. The van der Waals surface area contributed by atoms with Gasteiger partial charge in [-0.1, -0.05) is 0 Å². The normalized spacial score (nSPS) is 39.8. The van der Waals surface area contributed by atoms with Crippen molar-refractivity contribution in [3.05, 3.63) is 0 Å². The van der Waals surface area contributed by atoms with Crippen LogP contribution in [0.2, 0.25) is 0 Å². The topological polar surface area (TPSA) is 9.23 Å². The van der Waals surface area contributed by atoms with E-state index < -0.39 is 0 Å². The molecule has 1 rings (SSSR count). The van der Waals surface area contributed by atoms with E-state index in [0.29, 0.717) is 12.2 Å². The van der Waals surface area contributed by atoms with E-state index in [1.165, 1.54) is 11.5 Å². The molecule has 2 atom stereocenters. The second-order valence-corrected chi connectivity index (χ2v) is 3.37. The third-order valence-corrected chi connectivity index (χ3v) is 2.58. The minimum atomic E-state index is 0.476. The summed E-state index contributed by atoms with van der Waals surface area (Å²) in [6.07, 6.45) is 0.951. The van der Waals surface area contributed by atoms with E-state index in [1.807, 2.05) is 11.8 Å². The summed E-state index contributed by atoms with van der Waals surface area (Å²) >= 11 is 1.99. The van der Waals surface area contributed by atoms with Gasteiger partial charge in [0.2, 0.25) is 0 Å². The Morgan fingerprint density at radius 2 is 1.75 bits per heavy atom. The van der Waals surface area contributed by atoms with Crippen LogP contribution in [0.3, 0.4) is 0 Å². The van der Waals surface area contributed by atoms with Crippen molar-refractivity contribution in [2.75, 3.05) is 11.5 Å². The first-order valence-corrected chi connectivity index (χ1v) is 4.17. The van der Waals surface area contributed by atoms with Gasteiger partial charge in [0.1, 0.15) is 0 Å². The molecular weight excluding hydrogens is 120 g/mol. The van der Waals surface area contributed by atoms with Gasteiger partial charge >= 0.3 is 0 Å². The van der Waals surface area contributed by atoms with Crippen LogP contribution >= 0.6 is 11.8 Å². The average molecular weight is 132 g/mol. The zero-order valence-electron chi connectivity index (χ0n) is 5.39. The van der Waals surface area contributed by atoms with Gasteiger partial charge in [-0.05, 0) is 13.8 Å². The zero-order chi connectivity index (χ0) is 5.98. The van der Waals surface area contributed by atoms with Crippen molar-refractivity contribution in [1.29, 1.82) is 0 Å². The Bertz CT molecular complexity index is 66.9. The van der Waals surface area contributed by atoms with E-state index in [-0.39, 0.29) is 0 Å². The van der Waals surface area contributed by atoms with Gasteiger partial charge in [-0.3, -0.25) is 0 Å². The van der Waals surface area contributed by atoms with Crippen molar-refractivity contribution >= 4 is 11.8 Å². The van der Waals surface area contributed by atoms with Crippen LogP contribution in [-0.2, 0) is 4.74 Å². The van der Waals surface area contributed by atoms with Crippen molar-refractivity contribution in [2.45, 2.75) is 26.1 Å². The predicted molar refractivity (Wildman–Crippen MR) is 37.3 cm³/mol. The van der Waals surface area contributed by atoms with Gasteiger partial charge in [-0.2, -0.15) is 11.8 Å². The molecular formula is C6H12OS. The minimum Gasteiger partial charge on any atom is -0.374 e. The third kappa shape index (κ3) is 1.67. The van der Waals surface area contributed by atoms with Gasteiger partial charge in [0.05, 0.1) is 12.2 Å². The molecule has 0 aliphatic carbocycles. The number of hydrogen-bond acceptors (Lipinski definition) is 2. The highest BCUT2D eigenvalue weighted by atomic mass is 32.2. The summed E-state index contributed by atoms with van der Waals surface area (Å²) in [7, 11) is 0. The smallest absolute Gasteiger partial charge is 0.0641 e. The maximum absolute atomic E-state index is 5.47. The van der Waals surface area contributed by atoms with Crippen molar-refractivity contribution in [3.63, 3.8) is 0 Å². The second-order valence-electron chi connectivity index (χ2n) is 2.29. The first-order chi connectivity index (χ1) is 3.79. The maximum Gasteiger partial charge on any atom is 0.0641 e. The van der Waals surface area contributed by atoms with Crippen molar-refractivity contribution in [1.82, 2.24) is 0 Å². The highest BCUT2D eigenvalue weighted by molar-refractivity contribution is 7.99. The Hall–Kier alpha value is 0.310. The Labute approximate surface area is 54.8 Å². The van der Waals surface area contributed by atoms with Gasteiger partial charge in [0, 0.05) is 11.5 Å². The van der Waals surface area contributed by atoms with Gasteiger partial charge in [-0.25, -0.2) is 0 Å². The van der Waals surface area contributed by atoms with Gasteiger partial charge in [0.25, 0.3) is 0 Å². The summed E-state index contributed by atoms with van der Waals surface area (Å²) in [5.41, 5.74) is 0. The molecule has 0 aromatic carbocycles. The van der Waals surface area contributed by atoms with Gasteiger partial charge in [0.15, 0.2) is 0 Å². The number of hydrogen-bond donors (Lipinski definition) is 0. The molecule has 1 nitrogen and oxygen atoms in total. The Kier molecular flexibility index (Phi) is 2.20. The minimum absolute atomic E-state index is 0.476. The molecule has 1 heterocycles. The van der Waals surface area contributed by atoms with Crippen LogP contribution in [0, 0.1) is 0 Å². The molecule has 2 heteroatoms. The quantitative estimate of drug-likeness (QED) is 0.494. The summed E-state index contributed by atoms with van der Waals surface area (Å²) in [6.45, 7) is 4.26. The molecule has 0 spiro atoms. The predicted octanol–water partition coefficient (Wildman–Crippen LogP) is 1.53. The average Bonchev–Trinajstić information content (AvgIpc) is 1.64. The fourth-order valence-electron chi connectivity index (χ4n) is 0.875. The second kappa shape index (κ2) is 2.74. The molecule has 0 saturated carbocycles. The fraction of sp³-hybridized carbons (Fsp3) is 1.00. The summed E-state index contributed by atoms with van der Waals surface area (Å²) in [5, 5.41) is 0. The molecule has 8 heavy (non-hydrogen) atoms. The molecule has 0 N–H and O–H groups in total. The lowest BCUT2D eigenvalue weighted by Crippen LogP contribution is -2.26. The molecule has 1 fully saturated rings. The largest absolute Gasteiger partial charge is 0.374 e. The Balaban J connectivity index is 2.23. The summed E-state index contributed by atoms with van der Waals surface area (Å²) < 4.78 is 5.47. The first kappa shape index (κ1) is 6.43. The van der Waals surface area contributed by atoms with Crippen LogP contribution in [0.5, 0.6) is 0 Å². The van der Waals surface area contributed by atoms with Crippen LogP contribution in [0.1, 0.15) is 13.8 Å². The van der Waals surface area contributed by atoms with Crippen molar-refractivity contribution in [2.24, 2.45) is 0 Å². The molecule has 0 bridgehead atoms. The molecule has 1 aliphatic heterocycles. The first-order valence-electron chi connectivity index (χ1n) is 3.02. The Morgan fingerprint density at radius 1 is 1.25 bits per heavy atom. The third-order valence-electron chi connectivity index (χ3n) is 1.17. The lowest BCUT2D eigenvalue weighted by Gasteiger charge is -2.24. The number of rotatable bonds is 0. The molecule has 0 amide bonds. The molecule has 48 valence electrons. The lowest BCUT2D eigenvalue weighted by molar-refractivity contribution is 0.0292. The summed E-state index contributed by atoms with van der Waals surface area (Å²) in [4.78, 5) is 0. The Morgan fingerprint density at radius 3 is 2.00 bits per heavy atom. The van der Waals surface area contributed by atoms with Crippen LogP contribution in [0.25, 0.3) is 0 Å². The highest BCUT2D eigenvalue weighted by Gasteiger charge is 2.14. The van der Waals surface area contributed by atoms with E-state index in [4.69, 9.17) is 4.74 Å². The maximum atomic E-state index is 5.47. The van der Waals surface area contributed by atoms with E-state index in [9.17, 15) is 0 Å².